The number of aryl methyl sites for hydroxylation is 1. The molecule has 0 radical (unpaired) electrons. The minimum Gasteiger partial charge on any atom is -0.339 e. The summed E-state index contributed by atoms with van der Waals surface area (Å²) in [6, 6.07) is 9.07. The van der Waals surface area contributed by atoms with Crippen molar-refractivity contribution in [1.29, 1.82) is 0 Å². The van der Waals surface area contributed by atoms with Gasteiger partial charge in [-0.2, -0.15) is 0 Å². The third-order valence-corrected chi connectivity index (χ3v) is 8.49. The van der Waals surface area contributed by atoms with Crippen LogP contribution in [0.25, 0.3) is 10.9 Å². The number of urea groups is 1. The van der Waals surface area contributed by atoms with E-state index in [9.17, 15) is 14.4 Å². The van der Waals surface area contributed by atoms with Gasteiger partial charge in [0.1, 0.15) is 5.54 Å². The Balaban J connectivity index is 1.25. The van der Waals surface area contributed by atoms with Crippen molar-refractivity contribution in [2.24, 2.45) is 5.92 Å². The summed E-state index contributed by atoms with van der Waals surface area (Å²) < 4.78 is 0. The Labute approximate surface area is 208 Å². The summed E-state index contributed by atoms with van der Waals surface area (Å²) in [6.07, 6.45) is 4.22. The number of amides is 4. The molecule has 2 aliphatic heterocycles. The molecule has 8 nitrogen and oxygen atoms in total. The number of nitrogens with one attached hydrogen (secondary N) is 1. The number of aromatic nitrogens is 2. The maximum absolute atomic E-state index is 13.5. The molecule has 0 spiro atoms. The summed E-state index contributed by atoms with van der Waals surface area (Å²) in [5.74, 6) is -0.161. The summed E-state index contributed by atoms with van der Waals surface area (Å²) in [6.45, 7) is 5.36. The van der Waals surface area contributed by atoms with E-state index in [0.29, 0.717) is 50.9 Å². The van der Waals surface area contributed by atoms with E-state index >= 15 is 0 Å². The number of pyridine rings is 1. The number of rotatable bonds is 6. The van der Waals surface area contributed by atoms with Gasteiger partial charge in [-0.05, 0) is 56.4 Å². The number of nitrogens with zero attached hydrogens (tertiary/aromatic N) is 4. The highest BCUT2D eigenvalue weighted by Crippen LogP contribution is 2.36. The standard InChI is InChI=1S/C26H29N5O3S/c1-3-26(24(33)31(25(34)29-26)14-10-22-17(2)28-16-35-22)20-8-12-30(13-9-20)23(32)19-6-7-21-18(15-19)5-4-11-27-21/h4-7,11,15-16,20H,3,8-10,12-14H2,1-2H3,(H,29,34)/t26-/m1/s1. The lowest BCUT2D eigenvalue weighted by molar-refractivity contribution is -0.134. The molecule has 182 valence electrons. The van der Waals surface area contributed by atoms with E-state index in [1.165, 1.54) is 4.90 Å². The summed E-state index contributed by atoms with van der Waals surface area (Å²) >= 11 is 1.55. The lowest BCUT2D eigenvalue weighted by atomic mass is 9.75. The first kappa shape index (κ1) is 23.4. The fourth-order valence-electron chi connectivity index (χ4n) is 5.40. The van der Waals surface area contributed by atoms with Crippen LogP contribution in [0.4, 0.5) is 4.79 Å². The van der Waals surface area contributed by atoms with Gasteiger partial charge in [0.25, 0.3) is 11.8 Å². The number of likely N-dealkylation sites (tertiary alicyclic amines) is 1. The summed E-state index contributed by atoms with van der Waals surface area (Å²) in [5, 5.41) is 3.98. The topological polar surface area (TPSA) is 95.5 Å². The molecular weight excluding hydrogens is 462 g/mol. The van der Waals surface area contributed by atoms with Crippen LogP contribution in [-0.2, 0) is 11.2 Å². The van der Waals surface area contributed by atoms with E-state index in [4.69, 9.17) is 0 Å². The number of benzene rings is 1. The summed E-state index contributed by atoms with van der Waals surface area (Å²) in [4.78, 5) is 52.4. The van der Waals surface area contributed by atoms with Crippen LogP contribution in [0.3, 0.4) is 0 Å². The van der Waals surface area contributed by atoms with Crippen LogP contribution in [-0.4, -0.2) is 62.8 Å². The molecule has 0 unspecified atom stereocenters. The molecule has 1 N–H and O–H groups in total. The van der Waals surface area contributed by atoms with Gasteiger partial charge in [-0.3, -0.25) is 19.5 Å². The molecule has 2 aromatic heterocycles. The number of hydrogen-bond acceptors (Lipinski definition) is 6. The van der Waals surface area contributed by atoms with Crippen molar-refractivity contribution in [3.63, 3.8) is 0 Å². The predicted molar refractivity (Wildman–Crippen MR) is 134 cm³/mol. The highest BCUT2D eigenvalue weighted by Gasteiger charge is 2.54. The summed E-state index contributed by atoms with van der Waals surface area (Å²) in [5.41, 5.74) is 3.34. The van der Waals surface area contributed by atoms with Gasteiger partial charge in [0.05, 0.1) is 16.7 Å². The number of hydrogen-bond donors (Lipinski definition) is 1. The fourth-order valence-corrected chi connectivity index (χ4v) is 6.17. The zero-order valence-electron chi connectivity index (χ0n) is 20.0. The Morgan fingerprint density at radius 3 is 2.71 bits per heavy atom. The number of thiazole rings is 1. The molecule has 2 fully saturated rings. The Hall–Kier alpha value is -3.33. The molecule has 2 saturated heterocycles. The largest absolute Gasteiger partial charge is 0.339 e. The molecule has 0 aliphatic carbocycles. The molecule has 2 aliphatic rings. The number of carbonyl (C=O) groups excluding carboxylic acids is 3. The molecular formula is C26H29N5O3S. The minimum atomic E-state index is -0.899. The van der Waals surface area contributed by atoms with Crippen molar-refractivity contribution in [2.75, 3.05) is 19.6 Å². The lowest BCUT2D eigenvalue weighted by Crippen LogP contribution is -2.56. The van der Waals surface area contributed by atoms with Gasteiger partial charge < -0.3 is 10.2 Å². The molecule has 9 heteroatoms. The molecule has 3 aromatic rings. The van der Waals surface area contributed by atoms with E-state index in [0.717, 1.165) is 21.5 Å². The maximum Gasteiger partial charge on any atom is 0.325 e. The molecule has 4 amide bonds. The van der Waals surface area contributed by atoms with Crippen LogP contribution in [0, 0.1) is 12.8 Å². The first-order valence-electron chi connectivity index (χ1n) is 12.1. The lowest BCUT2D eigenvalue weighted by Gasteiger charge is -2.40. The molecule has 1 atom stereocenters. The second-order valence-corrected chi connectivity index (χ2v) is 10.2. The average Bonchev–Trinajstić information content (AvgIpc) is 3.41. The molecule has 4 heterocycles. The number of fused-ring (bicyclic) bond motifs is 1. The van der Waals surface area contributed by atoms with E-state index in [2.05, 4.69) is 15.3 Å². The number of carbonyl (C=O) groups is 3. The second-order valence-electron chi connectivity index (χ2n) is 9.30. The quantitative estimate of drug-likeness (QED) is 0.529. The van der Waals surface area contributed by atoms with Gasteiger partial charge in [-0.1, -0.05) is 13.0 Å². The Morgan fingerprint density at radius 2 is 2.00 bits per heavy atom. The monoisotopic (exact) mass is 491 g/mol. The first-order valence-corrected chi connectivity index (χ1v) is 13.0. The van der Waals surface area contributed by atoms with Gasteiger partial charge in [-0.25, -0.2) is 9.78 Å². The minimum absolute atomic E-state index is 0.0102. The van der Waals surface area contributed by atoms with Crippen molar-refractivity contribution in [3.8, 4) is 0 Å². The van der Waals surface area contributed by atoms with Gasteiger partial charge in [0, 0.05) is 48.1 Å². The van der Waals surface area contributed by atoms with Crippen LogP contribution < -0.4 is 5.32 Å². The van der Waals surface area contributed by atoms with Crippen molar-refractivity contribution >= 4 is 40.1 Å². The van der Waals surface area contributed by atoms with Crippen molar-refractivity contribution in [2.45, 2.75) is 45.1 Å². The maximum atomic E-state index is 13.5. The van der Waals surface area contributed by atoms with Crippen molar-refractivity contribution in [3.05, 3.63) is 58.2 Å². The zero-order valence-corrected chi connectivity index (χ0v) is 20.8. The van der Waals surface area contributed by atoms with Crippen LogP contribution >= 0.6 is 11.3 Å². The second kappa shape index (κ2) is 9.37. The normalized spacial score (nSPS) is 21.1. The average molecular weight is 492 g/mol. The van der Waals surface area contributed by atoms with Crippen LogP contribution in [0.5, 0.6) is 0 Å². The smallest absolute Gasteiger partial charge is 0.325 e. The molecule has 0 bridgehead atoms. The molecule has 35 heavy (non-hydrogen) atoms. The van der Waals surface area contributed by atoms with E-state index in [1.54, 1.807) is 23.0 Å². The highest BCUT2D eigenvalue weighted by molar-refractivity contribution is 7.09. The van der Waals surface area contributed by atoms with Gasteiger partial charge in [-0.15, -0.1) is 11.3 Å². The van der Waals surface area contributed by atoms with Gasteiger partial charge in [0.15, 0.2) is 0 Å². The van der Waals surface area contributed by atoms with Crippen molar-refractivity contribution < 1.29 is 14.4 Å². The van der Waals surface area contributed by atoms with Gasteiger partial charge in [0.2, 0.25) is 0 Å². The molecule has 1 aromatic carbocycles. The number of imide groups is 1. The zero-order chi connectivity index (χ0) is 24.6. The fraction of sp³-hybridized carbons (Fsp3) is 0.423. The predicted octanol–water partition coefficient (Wildman–Crippen LogP) is 3.80. The Bertz CT molecular complexity index is 1280. The number of piperidine rings is 1. The van der Waals surface area contributed by atoms with Crippen LogP contribution in [0.1, 0.15) is 47.1 Å². The van der Waals surface area contributed by atoms with Gasteiger partial charge >= 0.3 is 6.03 Å². The van der Waals surface area contributed by atoms with Crippen LogP contribution in [0.15, 0.2) is 42.0 Å². The Morgan fingerprint density at radius 1 is 1.20 bits per heavy atom. The van der Waals surface area contributed by atoms with E-state index in [1.807, 2.05) is 49.1 Å². The third kappa shape index (κ3) is 4.18. The van der Waals surface area contributed by atoms with E-state index < -0.39 is 5.54 Å². The third-order valence-electron chi connectivity index (χ3n) is 7.50. The Kier molecular flexibility index (Phi) is 6.27. The molecule has 5 rings (SSSR count). The SMILES string of the molecule is CC[C@]1(C2CCN(C(=O)c3ccc4ncccc4c3)CC2)NC(=O)N(CCc2scnc2C)C1=O. The summed E-state index contributed by atoms with van der Waals surface area (Å²) in [7, 11) is 0. The molecule has 0 saturated carbocycles. The van der Waals surface area contributed by atoms with Crippen LogP contribution in [0.2, 0.25) is 0 Å². The van der Waals surface area contributed by atoms with E-state index in [-0.39, 0.29) is 23.8 Å². The highest BCUT2D eigenvalue weighted by atomic mass is 32.1. The first-order chi connectivity index (χ1) is 16.9. The van der Waals surface area contributed by atoms with Crippen molar-refractivity contribution in [1.82, 2.24) is 25.1 Å².